The highest BCUT2D eigenvalue weighted by atomic mass is 16.5. The highest BCUT2D eigenvalue weighted by Gasteiger charge is 2.40. The van der Waals surface area contributed by atoms with Gasteiger partial charge in [0.1, 0.15) is 0 Å². The fourth-order valence-electron chi connectivity index (χ4n) is 5.51. The fraction of sp³-hybridized carbons (Fsp3) is 0.950. The van der Waals surface area contributed by atoms with Crippen LogP contribution in [0, 0.1) is 5.92 Å². The molecule has 3 aliphatic heterocycles. The van der Waals surface area contributed by atoms with Crippen molar-refractivity contribution in [3.05, 3.63) is 0 Å². The summed E-state index contributed by atoms with van der Waals surface area (Å²) in [6, 6.07) is 0.547. The lowest BCUT2D eigenvalue weighted by Gasteiger charge is -2.44. The van der Waals surface area contributed by atoms with Gasteiger partial charge >= 0.3 is 6.03 Å². The van der Waals surface area contributed by atoms with Gasteiger partial charge in [0.05, 0.1) is 11.7 Å². The Hall–Kier alpha value is -0.850. The van der Waals surface area contributed by atoms with Gasteiger partial charge in [0, 0.05) is 38.4 Å². The topological polar surface area (TPSA) is 76.8 Å². The minimum absolute atomic E-state index is 0.0391. The van der Waals surface area contributed by atoms with Crippen LogP contribution < -0.4 is 11.1 Å². The predicted molar refractivity (Wildman–Crippen MR) is 100.0 cm³/mol. The van der Waals surface area contributed by atoms with Crippen molar-refractivity contribution in [2.75, 3.05) is 26.3 Å². The van der Waals surface area contributed by atoms with Crippen molar-refractivity contribution in [1.82, 2.24) is 10.2 Å². The standard InChI is InChI=1S/C20H35N3O3/c21-17-7-12-25-18(17)15-4-10-23(11-5-15)19(24)22-16-6-13-26-20(14-16)8-2-1-3-9-20/h15-18H,1-14,21H2,(H,22,24)/t16?,17-,18+/m1/s1. The van der Waals surface area contributed by atoms with Gasteiger partial charge in [-0.2, -0.15) is 0 Å². The average molecular weight is 366 g/mol. The molecular formula is C20H35N3O3. The van der Waals surface area contributed by atoms with E-state index in [1.165, 1.54) is 19.3 Å². The first-order valence-electron chi connectivity index (χ1n) is 10.7. The number of carbonyl (C=O) groups excluding carboxylic acids is 1. The van der Waals surface area contributed by atoms with E-state index in [0.717, 1.165) is 71.2 Å². The van der Waals surface area contributed by atoms with Crippen LogP contribution in [0.4, 0.5) is 4.79 Å². The Labute approximate surface area is 157 Å². The van der Waals surface area contributed by atoms with E-state index in [9.17, 15) is 4.79 Å². The zero-order chi connectivity index (χ0) is 18.0. The molecule has 0 aromatic rings. The molecule has 3 atom stereocenters. The first-order valence-corrected chi connectivity index (χ1v) is 10.7. The molecule has 0 bridgehead atoms. The minimum atomic E-state index is 0.0391. The van der Waals surface area contributed by atoms with E-state index < -0.39 is 0 Å². The number of nitrogens with one attached hydrogen (secondary N) is 1. The molecule has 0 aromatic heterocycles. The van der Waals surface area contributed by atoms with Crippen LogP contribution in [0.1, 0.15) is 64.2 Å². The van der Waals surface area contributed by atoms with Gasteiger partial charge in [-0.05, 0) is 50.9 Å². The highest BCUT2D eigenvalue weighted by Crippen LogP contribution is 2.38. The smallest absolute Gasteiger partial charge is 0.317 e. The molecule has 3 heterocycles. The summed E-state index contributed by atoms with van der Waals surface area (Å²) in [4.78, 5) is 14.7. The zero-order valence-corrected chi connectivity index (χ0v) is 16.0. The number of carbonyl (C=O) groups is 1. The summed E-state index contributed by atoms with van der Waals surface area (Å²) < 4.78 is 12.0. The number of nitrogens with zero attached hydrogens (tertiary/aromatic N) is 1. The number of hydrogen-bond acceptors (Lipinski definition) is 4. The van der Waals surface area contributed by atoms with Crippen molar-refractivity contribution in [2.24, 2.45) is 11.7 Å². The van der Waals surface area contributed by atoms with Crippen LogP contribution >= 0.6 is 0 Å². The Morgan fingerprint density at radius 3 is 2.50 bits per heavy atom. The second kappa shape index (κ2) is 8.03. The number of amides is 2. The molecule has 4 rings (SSSR count). The van der Waals surface area contributed by atoms with Gasteiger partial charge in [-0.25, -0.2) is 4.79 Å². The molecule has 148 valence electrons. The first kappa shape index (κ1) is 18.5. The van der Waals surface area contributed by atoms with Gasteiger partial charge in [-0.3, -0.25) is 0 Å². The first-order chi connectivity index (χ1) is 12.7. The Morgan fingerprint density at radius 1 is 1.04 bits per heavy atom. The molecule has 1 unspecified atom stereocenters. The van der Waals surface area contributed by atoms with Crippen LogP contribution in [-0.2, 0) is 9.47 Å². The van der Waals surface area contributed by atoms with Crippen molar-refractivity contribution in [1.29, 1.82) is 0 Å². The summed E-state index contributed by atoms with van der Waals surface area (Å²) in [5, 5.41) is 3.30. The second-order valence-electron chi connectivity index (χ2n) is 8.84. The monoisotopic (exact) mass is 365 g/mol. The molecule has 1 saturated carbocycles. The van der Waals surface area contributed by atoms with Gasteiger partial charge in [-0.1, -0.05) is 19.3 Å². The van der Waals surface area contributed by atoms with E-state index in [-0.39, 0.29) is 29.8 Å². The van der Waals surface area contributed by atoms with E-state index >= 15 is 0 Å². The normalized spacial score (nSPS) is 35.6. The summed E-state index contributed by atoms with van der Waals surface area (Å²) in [5.41, 5.74) is 6.21. The van der Waals surface area contributed by atoms with E-state index in [0.29, 0.717) is 5.92 Å². The summed E-state index contributed by atoms with van der Waals surface area (Å²) in [7, 11) is 0. The van der Waals surface area contributed by atoms with E-state index in [1.807, 2.05) is 4.90 Å². The van der Waals surface area contributed by atoms with Gasteiger partial charge in [0.15, 0.2) is 0 Å². The van der Waals surface area contributed by atoms with Crippen molar-refractivity contribution in [3.63, 3.8) is 0 Å². The van der Waals surface area contributed by atoms with Crippen molar-refractivity contribution in [3.8, 4) is 0 Å². The SMILES string of the molecule is N[C@@H]1CCO[C@H]1C1CCN(C(=O)NC2CCOC3(CCCCC3)C2)CC1. The van der Waals surface area contributed by atoms with E-state index in [1.54, 1.807) is 0 Å². The largest absolute Gasteiger partial charge is 0.376 e. The molecular weight excluding hydrogens is 330 g/mol. The number of rotatable bonds is 2. The van der Waals surface area contributed by atoms with Crippen molar-refractivity contribution in [2.45, 2.75) is 88.0 Å². The molecule has 0 radical (unpaired) electrons. The Bertz CT molecular complexity index is 481. The molecule has 3 N–H and O–H groups in total. The number of hydrogen-bond donors (Lipinski definition) is 2. The Morgan fingerprint density at radius 2 is 1.81 bits per heavy atom. The number of likely N-dealkylation sites (tertiary alicyclic amines) is 1. The second-order valence-corrected chi connectivity index (χ2v) is 8.84. The Kier molecular flexibility index (Phi) is 5.72. The van der Waals surface area contributed by atoms with Gasteiger partial charge in [0.25, 0.3) is 0 Å². The molecule has 4 aliphatic rings. The molecule has 2 amide bonds. The van der Waals surface area contributed by atoms with E-state index in [4.69, 9.17) is 15.2 Å². The number of piperidine rings is 1. The van der Waals surface area contributed by atoms with Crippen LogP contribution in [0.2, 0.25) is 0 Å². The third-order valence-corrected chi connectivity index (χ3v) is 7.06. The molecule has 4 fully saturated rings. The molecule has 3 saturated heterocycles. The molecule has 0 aromatic carbocycles. The number of urea groups is 1. The van der Waals surface area contributed by atoms with Crippen LogP contribution in [-0.4, -0.2) is 61.0 Å². The summed E-state index contributed by atoms with van der Waals surface area (Å²) >= 11 is 0. The predicted octanol–water partition coefficient (Wildman–Crippen LogP) is 2.41. The van der Waals surface area contributed by atoms with Crippen molar-refractivity contribution < 1.29 is 14.3 Å². The molecule has 6 nitrogen and oxygen atoms in total. The lowest BCUT2D eigenvalue weighted by atomic mass is 9.78. The summed E-state index contributed by atoms with van der Waals surface area (Å²) in [6.45, 7) is 3.21. The van der Waals surface area contributed by atoms with Crippen LogP contribution in [0.15, 0.2) is 0 Å². The summed E-state index contributed by atoms with van der Waals surface area (Å²) in [5.74, 6) is 0.505. The number of nitrogens with two attached hydrogens (primary N) is 1. The third-order valence-electron chi connectivity index (χ3n) is 7.06. The van der Waals surface area contributed by atoms with Crippen LogP contribution in [0.25, 0.3) is 0 Å². The molecule has 6 heteroatoms. The van der Waals surface area contributed by atoms with Gasteiger partial charge < -0.3 is 25.4 Å². The molecule has 1 spiro atoms. The number of ether oxygens (including phenoxy) is 2. The van der Waals surface area contributed by atoms with Gasteiger partial charge in [0.2, 0.25) is 0 Å². The lowest BCUT2D eigenvalue weighted by Crippen LogP contribution is -2.54. The maximum Gasteiger partial charge on any atom is 0.317 e. The maximum absolute atomic E-state index is 12.7. The average Bonchev–Trinajstić information content (AvgIpc) is 3.08. The minimum Gasteiger partial charge on any atom is -0.376 e. The van der Waals surface area contributed by atoms with Crippen molar-refractivity contribution >= 4 is 6.03 Å². The highest BCUT2D eigenvalue weighted by molar-refractivity contribution is 5.74. The third kappa shape index (κ3) is 4.02. The fourth-order valence-corrected chi connectivity index (χ4v) is 5.51. The molecule has 1 aliphatic carbocycles. The van der Waals surface area contributed by atoms with E-state index in [2.05, 4.69) is 5.32 Å². The summed E-state index contributed by atoms with van der Waals surface area (Å²) in [6.07, 6.45) is 11.3. The zero-order valence-electron chi connectivity index (χ0n) is 16.0. The molecule has 26 heavy (non-hydrogen) atoms. The van der Waals surface area contributed by atoms with Crippen LogP contribution in [0.3, 0.4) is 0 Å². The van der Waals surface area contributed by atoms with Crippen LogP contribution in [0.5, 0.6) is 0 Å². The Balaban J connectivity index is 1.25. The quantitative estimate of drug-likeness (QED) is 0.788. The van der Waals surface area contributed by atoms with Gasteiger partial charge in [-0.15, -0.1) is 0 Å². The maximum atomic E-state index is 12.7. The lowest BCUT2D eigenvalue weighted by molar-refractivity contribution is -0.108.